The number of urea groups is 1. The molecule has 0 unspecified atom stereocenters. The molecule has 0 aliphatic carbocycles. The predicted octanol–water partition coefficient (Wildman–Crippen LogP) is 1.37. The third-order valence-corrected chi connectivity index (χ3v) is 3.07. The van der Waals surface area contributed by atoms with E-state index in [4.69, 9.17) is 9.84 Å². The first kappa shape index (κ1) is 16.0. The first-order valence-electron chi connectivity index (χ1n) is 5.86. The highest BCUT2D eigenvalue weighted by Gasteiger charge is 2.17. The number of hydrogen-bond donors (Lipinski definition) is 3. The monoisotopic (exact) mass is 300 g/mol. The number of amides is 3. The molecule has 110 valence electrons. The molecule has 8 heteroatoms. The zero-order chi connectivity index (χ0) is 15.3. The number of thiophene rings is 1. The second-order valence-corrected chi connectivity index (χ2v) is 5.58. The van der Waals surface area contributed by atoms with Crippen molar-refractivity contribution >= 4 is 29.2 Å². The molecule has 0 radical (unpaired) electrons. The van der Waals surface area contributed by atoms with E-state index in [1.165, 1.54) is 6.07 Å². The molecule has 0 aliphatic heterocycles. The maximum absolute atomic E-state index is 11.5. The predicted molar refractivity (Wildman–Crippen MR) is 73.3 cm³/mol. The van der Waals surface area contributed by atoms with Gasteiger partial charge < -0.3 is 15.2 Å². The van der Waals surface area contributed by atoms with Crippen LogP contribution in [-0.2, 0) is 4.79 Å². The zero-order valence-electron chi connectivity index (χ0n) is 11.4. The summed E-state index contributed by atoms with van der Waals surface area (Å²) in [4.78, 5) is 34.5. The molecule has 0 spiro atoms. The van der Waals surface area contributed by atoms with Gasteiger partial charge in [-0.2, -0.15) is 0 Å². The number of carbonyl (C=O) groups excluding carboxylic acids is 2. The van der Waals surface area contributed by atoms with Crippen molar-refractivity contribution in [2.45, 2.75) is 26.8 Å². The number of carboxylic acid groups (broad SMARTS) is 1. The van der Waals surface area contributed by atoms with Crippen molar-refractivity contribution in [3.8, 4) is 5.75 Å². The molecule has 7 nitrogen and oxygen atoms in total. The SMILES string of the molecule is Cc1cc(OCC(=O)NC(=O)NC(C)C)c(C(=O)O)s1. The fraction of sp³-hybridized carbons (Fsp3) is 0.417. The van der Waals surface area contributed by atoms with E-state index in [2.05, 4.69) is 10.6 Å². The van der Waals surface area contributed by atoms with Crippen LogP contribution in [0.15, 0.2) is 6.07 Å². The van der Waals surface area contributed by atoms with Crippen molar-refractivity contribution in [2.75, 3.05) is 6.61 Å². The lowest BCUT2D eigenvalue weighted by Crippen LogP contribution is -2.44. The van der Waals surface area contributed by atoms with Gasteiger partial charge in [0.15, 0.2) is 11.5 Å². The molecule has 0 fully saturated rings. The first-order chi connectivity index (χ1) is 9.29. The van der Waals surface area contributed by atoms with Crippen LogP contribution in [0.25, 0.3) is 0 Å². The van der Waals surface area contributed by atoms with Crippen molar-refractivity contribution in [1.29, 1.82) is 0 Å². The molecular weight excluding hydrogens is 284 g/mol. The van der Waals surface area contributed by atoms with Gasteiger partial charge in [0.2, 0.25) is 0 Å². The molecule has 0 saturated carbocycles. The van der Waals surface area contributed by atoms with Gasteiger partial charge in [0.05, 0.1) is 0 Å². The standard InChI is InChI=1S/C12H16N2O5S/c1-6(2)13-12(18)14-9(15)5-19-8-4-7(3)20-10(8)11(16)17/h4,6H,5H2,1-3H3,(H,16,17)(H2,13,14,15,18). The van der Waals surface area contributed by atoms with Crippen molar-refractivity contribution in [2.24, 2.45) is 0 Å². The lowest BCUT2D eigenvalue weighted by molar-refractivity contribution is -0.122. The highest BCUT2D eigenvalue weighted by atomic mass is 32.1. The summed E-state index contributed by atoms with van der Waals surface area (Å²) in [5.74, 6) is -1.64. The Morgan fingerprint density at radius 2 is 2.05 bits per heavy atom. The number of hydrogen-bond acceptors (Lipinski definition) is 5. The van der Waals surface area contributed by atoms with Gasteiger partial charge in [-0.15, -0.1) is 11.3 Å². The normalized spacial score (nSPS) is 10.2. The Morgan fingerprint density at radius 1 is 1.40 bits per heavy atom. The largest absolute Gasteiger partial charge is 0.482 e. The molecule has 3 N–H and O–H groups in total. The maximum Gasteiger partial charge on any atom is 0.349 e. The van der Waals surface area contributed by atoms with Crippen molar-refractivity contribution < 1.29 is 24.2 Å². The summed E-state index contributed by atoms with van der Waals surface area (Å²) in [6, 6.07) is 0.825. The minimum Gasteiger partial charge on any atom is -0.482 e. The van der Waals surface area contributed by atoms with Crippen molar-refractivity contribution in [3.63, 3.8) is 0 Å². The van der Waals surface area contributed by atoms with E-state index >= 15 is 0 Å². The summed E-state index contributed by atoms with van der Waals surface area (Å²) in [7, 11) is 0. The summed E-state index contributed by atoms with van der Waals surface area (Å²) in [5, 5.41) is 13.5. The molecular formula is C12H16N2O5S. The molecule has 1 rings (SSSR count). The number of ether oxygens (including phenoxy) is 1. The van der Waals surface area contributed by atoms with E-state index in [0.29, 0.717) is 0 Å². The fourth-order valence-corrected chi connectivity index (χ4v) is 2.15. The van der Waals surface area contributed by atoms with Crippen LogP contribution in [0.1, 0.15) is 28.4 Å². The summed E-state index contributed by atoms with van der Waals surface area (Å²) in [6.45, 7) is 4.82. The van der Waals surface area contributed by atoms with Crippen LogP contribution in [0.3, 0.4) is 0 Å². The Bertz CT molecular complexity index is 524. The maximum atomic E-state index is 11.5. The Labute approximate surface area is 119 Å². The highest BCUT2D eigenvalue weighted by molar-refractivity contribution is 7.14. The van der Waals surface area contributed by atoms with Gasteiger partial charge in [-0.05, 0) is 26.8 Å². The van der Waals surface area contributed by atoms with Gasteiger partial charge >= 0.3 is 12.0 Å². The van der Waals surface area contributed by atoms with Gasteiger partial charge in [0.1, 0.15) is 5.75 Å². The second kappa shape index (κ2) is 6.90. The molecule has 0 saturated heterocycles. The molecule has 0 atom stereocenters. The number of imide groups is 1. The third-order valence-electron chi connectivity index (χ3n) is 2.05. The summed E-state index contributed by atoms with van der Waals surface area (Å²) in [6.07, 6.45) is 0. The number of rotatable bonds is 5. The summed E-state index contributed by atoms with van der Waals surface area (Å²) in [5.41, 5.74) is 0. The van der Waals surface area contributed by atoms with Crippen LogP contribution in [-0.4, -0.2) is 35.7 Å². The van der Waals surface area contributed by atoms with Crippen LogP contribution in [0.4, 0.5) is 4.79 Å². The molecule has 0 aliphatic rings. The molecule has 20 heavy (non-hydrogen) atoms. The third kappa shape index (κ3) is 4.88. The average molecular weight is 300 g/mol. The Morgan fingerprint density at radius 3 is 2.60 bits per heavy atom. The first-order valence-corrected chi connectivity index (χ1v) is 6.68. The molecule has 1 aromatic rings. The molecule has 1 heterocycles. The van der Waals surface area contributed by atoms with Gasteiger partial charge in [-0.3, -0.25) is 10.1 Å². The number of carbonyl (C=O) groups is 3. The van der Waals surface area contributed by atoms with Crippen LogP contribution >= 0.6 is 11.3 Å². The minimum absolute atomic E-state index is 0.0296. The Kier molecular flexibility index (Phi) is 5.51. The van der Waals surface area contributed by atoms with E-state index in [9.17, 15) is 14.4 Å². The lowest BCUT2D eigenvalue weighted by atomic mass is 10.4. The van der Waals surface area contributed by atoms with E-state index in [1.54, 1.807) is 20.8 Å². The zero-order valence-corrected chi connectivity index (χ0v) is 12.2. The average Bonchev–Trinajstić information content (AvgIpc) is 2.66. The summed E-state index contributed by atoms with van der Waals surface area (Å²) < 4.78 is 5.12. The minimum atomic E-state index is -1.11. The number of nitrogens with one attached hydrogen (secondary N) is 2. The van der Waals surface area contributed by atoms with Gasteiger partial charge in [-0.25, -0.2) is 9.59 Å². The molecule has 0 aromatic carbocycles. The van der Waals surface area contributed by atoms with E-state index in [-0.39, 0.29) is 16.7 Å². The lowest BCUT2D eigenvalue weighted by Gasteiger charge is -2.09. The van der Waals surface area contributed by atoms with Gasteiger partial charge in [-0.1, -0.05) is 0 Å². The highest BCUT2D eigenvalue weighted by Crippen LogP contribution is 2.28. The van der Waals surface area contributed by atoms with Gasteiger partial charge in [0.25, 0.3) is 5.91 Å². The summed E-state index contributed by atoms with van der Waals surface area (Å²) >= 11 is 1.06. The quantitative estimate of drug-likeness (QED) is 0.761. The molecule has 1 aromatic heterocycles. The van der Waals surface area contributed by atoms with Crippen molar-refractivity contribution in [1.82, 2.24) is 10.6 Å². The van der Waals surface area contributed by atoms with E-state index in [1.807, 2.05) is 0 Å². The van der Waals surface area contributed by atoms with E-state index < -0.39 is 24.5 Å². The van der Waals surface area contributed by atoms with Gasteiger partial charge in [0, 0.05) is 10.9 Å². The molecule has 3 amide bonds. The van der Waals surface area contributed by atoms with Crippen LogP contribution < -0.4 is 15.4 Å². The Balaban J connectivity index is 2.53. The van der Waals surface area contributed by atoms with Crippen LogP contribution in [0.2, 0.25) is 0 Å². The number of aryl methyl sites for hydroxylation is 1. The van der Waals surface area contributed by atoms with Crippen molar-refractivity contribution in [3.05, 3.63) is 15.8 Å². The molecule has 0 bridgehead atoms. The van der Waals surface area contributed by atoms with Crippen LogP contribution in [0.5, 0.6) is 5.75 Å². The topological polar surface area (TPSA) is 105 Å². The Hall–Kier alpha value is -2.09. The number of carboxylic acids is 1. The second-order valence-electron chi connectivity index (χ2n) is 4.32. The van der Waals surface area contributed by atoms with Crippen LogP contribution in [0, 0.1) is 6.92 Å². The smallest absolute Gasteiger partial charge is 0.349 e. The fourth-order valence-electron chi connectivity index (χ4n) is 1.35. The van der Waals surface area contributed by atoms with E-state index in [0.717, 1.165) is 16.2 Å². The number of aromatic carboxylic acids is 1.